The number of alkyl halides is 1. The minimum absolute atomic E-state index is 0.213. The van der Waals surface area contributed by atoms with Crippen LogP contribution in [0.2, 0.25) is 0 Å². The molecule has 0 radical (unpaired) electrons. The monoisotopic (exact) mass is 568 g/mol. The lowest BCUT2D eigenvalue weighted by atomic mass is 9.79. The maximum absolute atomic E-state index is 15.2. The van der Waals surface area contributed by atoms with E-state index >= 15 is 4.39 Å². The quantitative estimate of drug-likeness (QED) is 0.224. The molecule has 3 aromatic carbocycles. The molecular weight excluding hydrogens is 539 g/mol. The number of sulfonamides is 1. The summed E-state index contributed by atoms with van der Waals surface area (Å²) < 4.78 is 53.8. The second-order valence-electron chi connectivity index (χ2n) is 10.1. The summed E-state index contributed by atoms with van der Waals surface area (Å²) in [5.41, 5.74) is 3.05. The van der Waals surface area contributed by atoms with E-state index in [0.29, 0.717) is 60.8 Å². The summed E-state index contributed by atoms with van der Waals surface area (Å²) in [5.74, 6) is 0.968. The van der Waals surface area contributed by atoms with Crippen molar-refractivity contribution >= 4 is 21.6 Å². The van der Waals surface area contributed by atoms with E-state index in [4.69, 9.17) is 20.8 Å². The zero-order valence-corrected chi connectivity index (χ0v) is 23.1. The molecule has 0 unspecified atom stereocenters. The van der Waals surface area contributed by atoms with Gasteiger partial charge in [-0.3, -0.25) is 0 Å². The van der Waals surface area contributed by atoms with Crippen LogP contribution in [0.5, 0.6) is 5.75 Å². The van der Waals surface area contributed by atoms with E-state index in [-0.39, 0.29) is 17.7 Å². The SMILES string of the molecule is CS(=O)(=O)N[C@H]1CC[C@](Cc2ccc(F)c(-c3ccccc3OCc3ccccc3)c2)(c2nc(CCl)co2)C1. The van der Waals surface area contributed by atoms with Crippen LogP contribution in [-0.2, 0) is 34.3 Å². The molecule has 6 nitrogen and oxygen atoms in total. The van der Waals surface area contributed by atoms with Crippen LogP contribution in [-0.4, -0.2) is 25.7 Å². The number of nitrogens with zero attached hydrogens (tertiary/aromatic N) is 1. The molecule has 1 aliphatic carbocycles. The van der Waals surface area contributed by atoms with Crippen LogP contribution >= 0.6 is 11.6 Å². The van der Waals surface area contributed by atoms with Crippen LogP contribution < -0.4 is 9.46 Å². The summed E-state index contributed by atoms with van der Waals surface area (Å²) in [6, 6.07) is 22.0. The van der Waals surface area contributed by atoms with Crippen molar-refractivity contribution in [1.82, 2.24) is 9.71 Å². The van der Waals surface area contributed by atoms with Crippen molar-refractivity contribution < 1.29 is 22.0 Å². The minimum Gasteiger partial charge on any atom is -0.488 e. The first-order valence-corrected chi connectivity index (χ1v) is 15.2. The Hall–Kier alpha value is -3.20. The zero-order chi connectivity index (χ0) is 27.5. The van der Waals surface area contributed by atoms with E-state index < -0.39 is 15.4 Å². The summed E-state index contributed by atoms with van der Waals surface area (Å²) >= 11 is 5.99. The molecule has 1 aliphatic rings. The van der Waals surface area contributed by atoms with Gasteiger partial charge in [0.2, 0.25) is 15.9 Å². The molecule has 2 atom stereocenters. The molecule has 0 saturated heterocycles. The molecular formula is C30H30ClFN2O4S. The predicted octanol–water partition coefficient (Wildman–Crippen LogP) is 6.38. The molecule has 39 heavy (non-hydrogen) atoms. The van der Waals surface area contributed by atoms with Gasteiger partial charge in [0.05, 0.1) is 23.2 Å². The average molecular weight is 569 g/mol. The van der Waals surface area contributed by atoms with Gasteiger partial charge in [-0.2, -0.15) is 0 Å². The molecule has 1 aromatic heterocycles. The van der Waals surface area contributed by atoms with E-state index in [9.17, 15) is 8.42 Å². The molecule has 1 heterocycles. The largest absolute Gasteiger partial charge is 0.488 e. The first-order chi connectivity index (χ1) is 18.7. The molecule has 4 aromatic rings. The first-order valence-electron chi connectivity index (χ1n) is 12.8. The van der Waals surface area contributed by atoms with Crippen LogP contribution in [0.3, 0.4) is 0 Å². The van der Waals surface area contributed by atoms with Gasteiger partial charge in [0.25, 0.3) is 0 Å². The van der Waals surface area contributed by atoms with Crippen LogP contribution in [0, 0.1) is 5.82 Å². The molecule has 0 amide bonds. The molecule has 204 valence electrons. The van der Waals surface area contributed by atoms with Crippen molar-refractivity contribution in [2.45, 2.75) is 49.6 Å². The molecule has 1 N–H and O–H groups in total. The van der Waals surface area contributed by atoms with Gasteiger partial charge in [0, 0.05) is 17.2 Å². The zero-order valence-electron chi connectivity index (χ0n) is 21.6. The van der Waals surface area contributed by atoms with Crippen LogP contribution in [0.25, 0.3) is 11.1 Å². The minimum atomic E-state index is -3.38. The molecule has 0 bridgehead atoms. The molecule has 5 rings (SSSR count). The van der Waals surface area contributed by atoms with Gasteiger partial charge in [0.15, 0.2) is 0 Å². The number of ether oxygens (including phenoxy) is 1. The fourth-order valence-corrected chi connectivity index (χ4v) is 6.33. The maximum Gasteiger partial charge on any atom is 0.208 e. The summed E-state index contributed by atoms with van der Waals surface area (Å²) in [6.45, 7) is 0.365. The Bertz CT molecular complexity index is 1540. The Kier molecular flexibility index (Phi) is 8.07. The smallest absolute Gasteiger partial charge is 0.208 e. The molecule has 9 heteroatoms. The second-order valence-corrected chi connectivity index (χ2v) is 12.2. The van der Waals surface area contributed by atoms with Gasteiger partial charge in [-0.05, 0) is 55.0 Å². The number of benzene rings is 3. The van der Waals surface area contributed by atoms with E-state index in [0.717, 1.165) is 17.4 Å². The number of hydrogen-bond donors (Lipinski definition) is 1. The lowest BCUT2D eigenvalue weighted by molar-refractivity contribution is 0.307. The van der Waals surface area contributed by atoms with Gasteiger partial charge < -0.3 is 9.15 Å². The number of halogens is 2. The van der Waals surface area contributed by atoms with Crippen molar-refractivity contribution in [2.24, 2.45) is 0 Å². The maximum atomic E-state index is 15.2. The number of oxazole rings is 1. The van der Waals surface area contributed by atoms with E-state index in [1.807, 2.05) is 60.7 Å². The highest BCUT2D eigenvalue weighted by Gasteiger charge is 2.45. The predicted molar refractivity (Wildman–Crippen MR) is 150 cm³/mol. The van der Waals surface area contributed by atoms with Gasteiger partial charge in [-0.25, -0.2) is 22.5 Å². The first kappa shape index (κ1) is 27.4. The van der Waals surface area contributed by atoms with Crippen molar-refractivity contribution in [3.8, 4) is 16.9 Å². The summed E-state index contributed by atoms with van der Waals surface area (Å²) in [5, 5.41) is 0. The molecule has 1 fully saturated rings. The highest BCUT2D eigenvalue weighted by Crippen LogP contribution is 2.44. The van der Waals surface area contributed by atoms with Crippen LogP contribution in [0.4, 0.5) is 4.39 Å². The van der Waals surface area contributed by atoms with Crippen LogP contribution in [0.15, 0.2) is 83.5 Å². The van der Waals surface area contributed by atoms with Gasteiger partial charge in [-0.15, -0.1) is 11.6 Å². The van der Waals surface area contributed by atoms with E-state index in [2.05, 4.69) is 9.71 Å². The number of hydrogen-bond acceptors (Lipinski definition) is 5. The normalized spacial score (nSPS) is 19.3. The lowest BCUT2D eigenvalue weighted by Gasteiger charge is -2.26. The van der Waals surface area contributed by atoms with Crippen molar-refractivity contribution in [3.05, 3.63) is 108 Å². The highest BCUT2D eigenvalue weighted by atomic mass is 35.5. The second kappa shape index (κ2) is 11.5. The Morgan fingerprint density at radius 2 is 1.85 bits per heavy atom. The Morgan fingerprint density at radius 1 is 1.08 bits per heavy atom. The number of aromatic nitrogens is 1. The Balaban J connectivity index is 1.46. The van der Waals surface area contributed by atoms with E-state index in [1.54, 1.807) is 6.07 Å². The number of para-hydroxylation sites is 1. The van der Waals surface area contributed by atoms with Gasteiger partial charge in [0.1, 0.15) is 24.4 Å². The topological polar surface area (TPSA) is 81.4 Å². The van der Waals surface area contributed by atoms with E-state index in [1.165, 1.54) is 12.3 Å². The van der Waals surface area contributed by atoms with Gasteiger partial charge >= 0.3 is 0 Å². The number of rotatable bonds is 10. The number of nitrogens with one attached hydrogen (secondary N) is 1. The van der Waals surface area contributed by atoms with Crippen molar-refractivity contribution in [2.75, 3.05) is 6.26 Å². The Morgan fingerprint density at radius 3 is 2.59 bits per heavy atom. The fourth-order valence-electron chi connectivity index (χ4n) is 5.40. The summed E-state index contributed by atoms with van der Waals surface area (Å²) in [4.78, 5) is 4.61. The van der Waals surface area contributed by atoms with Crippen molar-refractivity contribution in [1.29, 1.82) is 0 Å². The lowest BCUT2D eigenvalue weighted by Crippen LogP contribution is -2.35. The van der Waals surface area contributed by atoms with Crippen LogP contribution in [0.1, 0.15) is 42.0 Å². The third-order valence-corrected chi connectivity index (χ3v) is 8.15. The summed E-state index contributed by atoms with van der Waals surface area (Å²) in [6.07, 6.45) is 5.00. The molecule has 0 aliphatic heterocycles. The van der Waals surface area contributed by atoms with Gasteiger partial charge in [-0.1, -0.05) is 54.6 Å². The highest BCUT2D eigenvalue weighted by molar-refractivity contribution is 7.88. The average Bonchev–Trinajstić information content (AvgIpc) is 3.57. The molecule has 0 spiro atoms. The third-order valence-electron chi connectivity index (χ3n) is 7.12. The third kappa shape index (κ3) is 6.52. The fraction of sp³-hybridized carbons (Fsp3) is 0.300. The standard InChI is InChI=1S/C30H30ClFN2O4S/c1-39(35,36)34-23-13-14-30(17-23,29-33-24(18-31)20-38-29)16-22-11-12-27(32)26(15-22)25-9-5-6-10-28(25)37-19-21-7-3-2-4-8-21/h2-12,15,20,23,34H,13-14,16-19H2,1H3/t23-,30+/m0/s1. The summed E-state index contributed by atoms with van der Waals surface area (Å²) in [7, 11) is -3.38. The molecule has 1 saturated carbocycles. The Labute approximate surface area is 233 Å². The van der Waals surface area contributed by atoms with Crippen molar-refractivity contribution in [3.63, 3.8) is 0 Å².